The largest absolute Gasteiger partial charge is 0.416 e. The topological polar surface area (TPSA) is 71.1 Å². The molecule has 2 aromatic carbocycles. The van der Waals surface area contributed by atoms with Gasteiger partial charge in [-0.05, 0) is 49.2 Å². The zero-order valence-corrected chi connectivity index (χ0v) is 17.7. The van der Waals surface area contributed by atoms with Crippen molar-refractivity contribution in [1.29, 1.82) is 0 Å². The first kappa shape index (κ1) is 22.5. The highest BCUT2D eigenvalue weighted by atomic mass is 32.1. The van der Waals surface area contributed by atoms with Gasteiger partial charge in [0.1, 0.15) is 5.01 Å². The Morgan fingerprint density at radius 1 is 1.00 bits per heavy atom. The molecule has 162 valence electrons. The van der Waals surface area contributed by atoms with Gasteiger partial charge in [0.05, 0.1) is 11.3 Å². The molecule has 5 nitrogen and oxygen atoms in total. The van der Waals surface area contributed by atoms with Crippen molar-refractivity contribution < 1.29 is 22.8 Å². The Morgan fingerprint density at radius 2 is 1.71 bits per heavy atom. The van der Waals surface area contributed by atoms with Crippen molar-refractivity contribution in [1.82, 2.24) is 10.3 Å². The van der Waals surface area contributed by atoms with Gasteiger partial charge in [0.15, 0.2) is 0 Å². The van der Waals surface area contributed by atoms with E-state index in [9.17, 15) is 22.8 Å². The van der Waals surface area contributed by atoms with E-state index in [-0.39, 0.29) is 6.54 Å². The molecule has 0 saturated heterocycles. The van der Waals surface area contributed by atoms with Crippen LogP contribution < -0.4 is 10.6 Å². The minimum absolute atomic E-state index is 0.204. The third-order valence-electron chi connectivity index (χ3n) is 4.65. The third-order valence-corrected chi connectivity index (χ3v) is 5.59. The molecule has 0 radical (unpaired) electrons. The molecule has 0 fully saturated rings. The number of nitrogens with zero attached hydrogens (tertiary/aromatic N) is 1. The second-order valence-corrected chi connectivity index (χ2v) is 7.84. The monoisotopic (exact) mass is 447 g/mol. The molecule has 0 atom stereocenters. The Morgan fingerprint density at radius 3 is 2.35 bits per heavy atom. The maximum absolute atomic E-state index is 12.7. The van der Waals surface area contributed by atoms with Crippen LogP contribution in [0.5, 0.6) is 0 Å². The van der Waals surface area contributed by atoms with E-state index < -0.39 is 23.6 Å². The number of aryl methyl sites for hydroxylation is 2. The lowest BCUT2D eigenvalue weighted by molar-refractivity contribution is -0.137. The van der Waals surface area contributed by atoms with Crippen LogP contribution in [-0.4, -0.2) is 23.3 Å². The SMILES string of the molecule is Cc1ccc(NC(=O)C(=O)NCCc2csc(-c3ccc(C(F)(F)F)cc3)n2)cc1C. The van der Waals surface area contributed by atoms with Crippen LogP contribution in [-0.2, 0) is 22.2 Å². The first-order chi connectivity index (χ1) is 14.6. The summed E-state index contributed by atoms with van der Waals surface area (Å²) >= 11 is 1.30. The normalized spacial score (nSPS) is 11.3. The smallest absolute Gasteiger partial charge is 0.347 e. The first-order valence-electron chi connectivity index (χ1n) is 9.42. The fourth-order valence-corrected chi connectivity index (χ4v) is 3.61. The van der Waals surface area contributed by atoms with Crippen LogP contribution in [0, 0.1) is 13.8 Å². The van der Waals surface area contributed by atoms with Gasteiger partial charge >= 0.3 is 18.0 Å². The lowest BCUT2D eigenvalue weighted by Gasteiger charge is -2.08. The van der Waals surface area contributed by atoms with Gasteiger partial charge in [-0.15, -0.1) is 11.3 Å². The van der Waals surface area contributed by atoms with Crippen molar-refractivity contribution in [3.05, 3.63) is 70.2 Å². The zero-order valence-electron chi connectivity index (χ0n) is 16.8. The van der Waals surface area contributed by atoms with Crippen LogP contribution in [0.4, 0.5) is 18.9 Å². The maximum atomic E-state index is 12.7. The molecule has 2 amide bonds. The number of alkyl halides is 3. The molecule has 0 aliphatic heterocycles. The number of nitrogens with one attached hydrogen (secondary N) is 2. The standard InChI is InChI=1S/C22H20F3N3O2S/c1-13-3-8-17(11-14(13)2)27-20(30)19(29)26-10-9-18-12-31-21(28-18)15-4-6-16(7-5-15)22(23,24)25/h3-8,11-12H,9-10H2,1-2H3,(H,26,29)(H,27,30). The fraction of sp³-hybridized carbons (Fsp3) is 0.227. The highest BCUT2D eigenvalue weighted by Crippen LogP contribution is 2.31. The van der Waals surface area contributed by atoms with Crippen LogP contribution in [0.1, 0.15) is 22.4 Å². The number of halogens is 3. The van der Waals surface area contributed by atoms with Gasteiger partial charge in [-0.3, -0.25) is 9.59 Å². The molecule has 0 aliphatic rings. The molecule has 0 spiro atoms. The minimum Gasteiger partial charge on any atom is -0.347 e. The number of aromatic nitrogens is 1. The third kappa shape index (κ3) is 5.91. The number of amides is 2. The quantitative estimate of drug-likeness (QED) is 0.555. The second kappa shape index (κ2) is 9.30. The number of hydrogen-bond donors (Lipinski definition) is 2. The molecule has 0 bridgehead atoms. The average molecular weight is 447 g/mol. The molecule has 31 heavy (non-hydrogen) atoms. The van der Waals surface area contributed by atoms with Gasteiger partial charge in [0.25, 0.3) is 0 Å². The molecule has 9 heteroatoms. The van der Waals surface area contributed by atoms with E-state index in [2.05, 4.69) is 15.6 Å². The van der Waals surface area contributed by atoms with E-state index in [4.69, 9.17) is 0 Å². The Kier molecular flexibility index (Phi) is 6.74. The van der Waals surface area contributed by atoms with Crippen molar-refractivity contribution >= 4 is 28.8 Å². The number of rotatable bonds is 5. The minimum atomic E-state index is -4.38. The average Bonchev–Trinajstić information content (AvgIpc) is 3.19. The summed E-state index contributed by atoms with van der Waals surface area (Å²) in [5, 5.41) is 7.45. The van der Waals surface area contributed by atoms with Crippen molar-refractivity contribution in [2.24, 2.45) is 0 Å². The number of thiazole rings is 1. The molecule has 1 aromatic heterocycles. The summed E-state index contributed by atoms with van der Waals surface area (Å²) in [6.07, 6.45) is -3.99. The highest BCUT2D eigenvalue weighted by Gasteiger charge is 2.30. The molecule has 3 rings (SSSR count). The summed E-state index contributed by atoms with van der Waals surface area (Å²) in [5.41, 5.74) is 3.18. The Bertz CT molecular complexity index is 1090. The van der Waals surface area contributed by atoms with Gasteiger partial charge in [-0.1, -0.05) is 18.2 Å². The summed E-state index contributed by atoms with van der Waals surface area (Å²) in [6, 6.07) is 10.2. The lowest BCUT2D eigenvalue weighted by Crippen LogP contribution is -2.36. The second-order valence-electron chi connectivity index (χ2n) is 6.98. The fourth-order valence-electron chi connectivity index (χ4n) is 2.75. The number of hydrogen-bond acceptors (Lipinski definition) is 4. The van der Waals surface area contributed by atoms with Gasteiger partial charge in [0.2, 0.25) is 0 Å². The first-order valence-corrected chi connectivity index (χ1v) is 10.3. The highest BCUT2D eigenvalue weighted by molar-refractivity contribution is 7.13. The van der Waals surface area contributed by atoms with Crippen LogP contribution in [0.2, 0.25) is 0 Å². The Labute approximate surface area is 181 Å². The van der Waals surface area contributed by atoms with Crippen LogP contribution in [0.15, 0.2) is 47.8 Å². The van der Waals surface area contributed by atoms with Gasteiger partial charge in [0, 0.05) is 29.6 Å². The predicted molar refractivity (Wildman–Crippen MR) is 114 cm³/mol. The van der Waals surface area contributed by atoms with E-state index in [1.54, 1.807) is 17.5 Å². The van der Waals surface area contributed by atoms with Crippen LogP contribution >= 0.6 is 11.3 Å². The predicted octanol–water partition coefficient (Wildman–Crippen LogP) is 4.74. The molecule has 0 aliphatic carbocycles. The van der Waals surface area contributed by atoms with E-state index in [1.165, 1.54) is 23.5 Å². The summed E-state index contributed by atoms with van der Waals surface area (Å²) in [5.74, 6) is -1.51. The zero-order chi connectivity index (χ0) is 22.6. The summed E-state index contributed by atoms with van der Waals surface area (Å²) in [6.45, 7) is 4.07. The number of anilines is 1. The van der Waals surface area contributed by atoms with E-state index in [0.29, 0.717) is 28.4 Å². The van der Waals surface area contributed by atoms with Gasteiger partial charge < -0.3 is 10.6 Å². The lowest BCUT2D eigenvalue weighted by atomic mass is 10.1. The molecular formula is C22H20F3N3O2S. The molecule has 1 heterocycles. The molecule has 2 N–H and O–H groups in total. The van der Waals surface area contributed by atoms with Crippen molar-refractivity contribution in [2.75, 3.05) is 11.9 Å². The van der Waals surface area contributed by atoms with E-state index >= 15 is 0 Å². The number of carbonyl (C=O) groups excluding carboxylic acids is 2. The summed E-state index contributed by atoms with van der Waals surface area (Å²) < 4.78 is 38.0. The molecule has 3 aromatic rings. The summed E-state index contributed by atoms with van der Waals surface area (Å²) in [4.78, 5) is 28.4. The van der Waals surface area contributed by atoms with E-state index in [1.807, 2.05) is 19.9 Å². The molecule has 0 saturated carbocycles. The van der Waals surface area contributed by atoms with Gasteiger partial charge in [-0.2, -0.15) is 13.2 Å². The number of benzene rings is 2. The molecular weight excluding hydrogens is 427 g/mol. The van der Waals surface area contributed by atoms with Gasteiger partial charge in [-0.25, -0.2) is 4.98 Å². The van der Waals surface area contributed by atoms with Crippen molar-refractivity contribution in [3.8, 4) is 10.6 Å². The Balaban J connectivity index is 1.50. The van der Waals surface area contributed by atoms with Crippen molar-refractivity contribution in [3.63, 3.8) is 0 Å². The molecule has 0 unspecified atom stereocenters. The van der Waals surface area contributed by atoms with Crippen LogP contribution in [0.25, 0.3) is 10.6 Å². The maximum Gasteiger partial charge on any atom is 0.416 e. The van der Waals surface area contributed by atoms with E-state index in [0.717, 1.165) is 23.3 Å². The summed E-state index contributed by atoms with van der Waals surface area (Å²) in [7, 11) is 0. The van der Waals surface area contributed by atoms with Crippen LogP contribution in [0.3, 0.4) is 0 Å². The number of carbonyl (C=O) groups is 2. The Hall–Kier alpha value is -3.20. The van der Waals surface area contributed by atoms with Crippen molar-refractivity contribution in [2.45, 2.75) is 26.4 Å².